The molecule has 1 aliphatic heterocycles. The lowest BCUT2D eigenvalue weighted by molar-refractivity contribution is -0.382. The molecule has 0 bridgehead atoms. The molecule has 0 radical (unpaired) electrons. The molecule has 1 heterocycles. The number of hydrogen-bond acceptors (Lipinski definition) is 3. The van der Waals surface area contributed by atoms with Gasteiger partial charge in [0, 0.05) is 0 Å². The van der Waals surface area contributed by atoms with E-state index in [0.717, 1.165) is 49.3 Å². The lowest BCUT2D eigenvalue weighted by Crippen LogP contribution is -2.26. The fourth-order valence-corrected chi connectivity index (χ4v) is 3.31. The zero-order valence-electron chi connectivity index (χ0n) is 15.2. The van der Waals surface area contributed by atoms with Gasteiger partial charge >= 0.3 is 0 Å². The average molecular weight is 349 g/mol. The van der Waals surface area contributed by atoms with Crippen molar-refractivity contribution >= 4 is 18.2 Å². The van der Waals surface area contributed by atoms with E-state index in [2.05, 4.69) is 18.1 Å². The van der Waals surface area contributed by atoms with E-state index in [1.54, 1.807) is 16.7 Å². The topological polar surface area (TPSA) is 52.3 Å². The number of rotatable bonds is 7. The smallest absolute Gasteiger partial charge is 0.283 e. The third-order valence-electron chi connectivity index (χ3n) is 4.59. The number of fused-ring (bicyclic) bond motifs is 1. The van der Waals surface area contributed by atoms with Crippen LogP contribution in [0.4, 0.5) is 5.69 Å². The van der Waals surface area contributed by atoms with E-state index >= 15 is 0 Å². The molecule has 26 heavy (non-hydrogen) atoms. The van der Waals surface area contributed by atoms with Crippen LogP contribution in [0.2, 0.25) is 0 Å². The largest absolute Gasteiger partial charge is 0.508 e. The van der Waals surface area contributed by atoms with Crippen LogP contribution in [0.15, 0.2) is 54.4 Å². The number of phenols is 1. The summed E-state index contributed by atoms with van der Waals surface area (Å²) >= 11 is 0. The summed E-state index contributed by atoms with van der Waals surface area (Å²) in [7, 11) is 0. The van der Waals surface area contributed by atoms with Gasteiger partial charge in [-0.1, -0.05) is 18.2 Å². The van der Waals surface area contributed by atoms with Crippen molar-refractivity contribution in [2.45, 2.75) is 32.6 Å². The standard InChI is InChI=1S/C22H24N2O2/c1-16-12-17(14-18(25)13-16)8-4-3-7-11-23-22-15-21(26)19-9-5-6-10-20(19)24(22)2/h5-6,9-10,12-15H,2-4,7-8,11H2,1H3,(H-,23,25,26)/p+1. The Bertz CT molecular complexity index is 848. The Hall–Kier alpha value is -2.88. The van der Waals surface area contributed by atoms with Gasteiger partial charge in [0.05, 0.1) is 24.9 Å². The number of allylic oxidation sites excluding steroid dienone is 1. The van der Waals surface area contributed by atoms with Crippen LogP contribution in [0.5, 0.6) is 5.75 Å². The van der Waals surface area contributed by atoms with Crippen LogP contribution >= 0.6 is 0 Å². The van der Waals surface area contributed by atoms with Gasteiger partial charge in [-0.15, -0.1) is 0 Å². The molecule has 134 valence electrons. The first-order valence-electron chi connectivity index (χ1n) is 9.04. The molecule has 0 fully saturated rings. The maximum Gasteiger partial charge on any atom is 0.283 e. The number of unbranched alkanes of at least 4 members (excludes halogenated alkanes) is 2. The second-order valence-corrected chi connectivity index (χ2v) is 6.75. The van der Waals surface area contributed by atoms with E-state index in [1.807, 2.05) is 37.3 Å². The van der Waals surface area contributed by atoms with E-state index in [1.165, 1.54) is 5.56 Å². The van der Waals surface area contributed by atoms with Gasteiger partial charge in [0.1, 0.15) is 11.4 Å². The minimum atomic E-state index is 0.0160. The fraction of sp³-hybridized carbons (Fsp3) is 0.273. The number of aryl methyl sites for hydroxylation is 2. The number of carbonyl (C=O) groups is 1. The number of carbonyl (C=O) groups excluding carboxylic acids is 1. The normalized spacial score (nSPS) is 13.3. The molecule has 0 spiro atoms. The highest BCUT2D eigenvalue weighted by molar-refractivity contribution is 6.08. The van der Waals surface area contributed by atoms with Gasteiger partial charge in [0.2, 0.25) is 0 Å². The van der Waals surface area contributed by atoms with Gasteiger partial charge in [-0.2, -0.15) is 0 Å². The first-order chi connectivity index (χ1) is 12.5. The maximum absolute atomic E-state index is 12.2. The summed E-state index contributed by atoms with van der Waals surface area (Å²) in [6, 6.07) is 13.2. The Morgan fingerprint density at radius 2 is 1.92 bits per heavy atom. The van der Waals surface area contributed by atoms with Crippen molar-refractivity contribution in [2.24, 2.45) is 0 Å². The molecule has 4 nitrogen and oxygen atoms in total. The molecule has 0 unspecified atom stereocenters. The van der Waals surface area contributed by atoms with E-state index < -0.39 is 0 Å². The maximum atomic E-state index is 12.2. The van der Waals surface area contributed by atoms with Crippen molar-refractivity contribution in [1.82, 2.24) is 5.32 Å². The number of aromatic hydroxyl groups is 1. The highest BCUT2D eigenvalue weighted by Gasteiger charge is 2.25. The Morgan fingerprint density at radius 3 is 2.73 bits per heavy atom. The number of para-hydroxylation sites is 1. The van der Waals surface area contributed by atoms with Gasteiger partial charge in [-0.25, -0.2) is 4.58 Å². The average Bonchev–Trinajstić information content (AvgIpc) is 2.61. The molecule has 0 aliphatic carbocycles. The predicted octanol–water partition coefficient (Wildman–Crippen LogP) is 4.09. The lowest BCUT2D eigenvalue weighted by Gasteiger charge is -2.15. The Labute approximate surface area is 154 Å². The Balaban J connectivity index is 1.44. The highest BCUT2D eigenvalue weighted by Crippen LogP contribution is 2.25. The molecule has 0 aromatic heterocycles. The van der Waals surface area contributed by atoms with E-state index in [4.69, 9.17) is 0 Å². The molecule has 4 heteroatoms. The molecule has 0 saturated carbocycles. The molecule has 3 rings (SSSR count). The van der Waals surface area contributed by atoms with Crippen LogP contribution in [0.3, 0.4) is 0 Å². The lowest BCUT2D eigenvalue weighted by atomic mass is 10.0. The number of benzene rings is 2. The molecule has 0 amide bonds. The van der Waals surface area contributed by atoms with Crippen molar-refractivity contribution in [3.05, 3.63) is 71.1 Å². The van der Waals surface area contributed by atoms with Gasteiger partial charge in [-0.05, 0) is 68.0 Å². The molecule has 1 aliphatic rings. The SMILES string of the molecule is C=[N+]1C(NCCCCCc2cc(C)cc(O)c2)=CC(=O)c2ccccc21. The summed E-state index contributed by atoms with van der Waals surface area (Å²) in [4.78, 5) is 12.2. The second-order valence-electron chi connectivity index (χ2n) is 6.75. The van der Waals surface area contributed by atoms with Crippen molar-refractivity contribution in [2.75, 3.05) is 6.54 Å². The molecular weight excluding hydrogens is 324 g/mol. The molecule has 2 N–H and O–H groups in total. The zero-order chi connectivity index (χ0) is 18.5. The predicted molar refractivity (Wildman–Crippen MR) is 104 cm³/mol. The van der Waals surface area contributed by atoms with Crippen LogP contribution in [0.25, 0.3) is 0 Å². The monoisotopic (exact) mass is 349 g/mol. The Kier molecular flexibility index (Phi) is 5.52. The van der Waals surface area contributed by atoms with Gasteiger partial charge in [0.25, 0.3) is 5.82 Å². The first kappa shape index (κ1) is 17.9. The number of ketones is 1. The number of nitrogens with one attached hydrogen (secondary N) is 1. The molecule has 0 saturated heterocycles. The summed E-state index contributed by atoms with van der Waals surface area (Å²) in [5.41, 5.74) is 3.79. The first-order valence-corrected chi connectivity index (χ1v) is 9.04. The second kappa shape index (κ2) is 8.00. The summed E-state index contributed by atoms with van der Waals surface area (Å²) in [5.74, 6) is 1.10. The van der Waals surface area contributed by atoms with Crippen molar-refractivity contribution < 1.29 is 14.5 Å². The van der Waals surface area contributed by atoms with Crippen molar-refractivity contribution in [3.63, 3.8) is 0 Å². The minimum Gasteiger partial charge on any atom is -0.508 e. The van der Waals surface area contributed by atoms with Crippen LogP contribution in [0.1, 0.15) is 40.7 Å². The fourth-order valence-electron chi connectivity index (χ4n) is 3.31. The van der Waals surface area contributed by atoms with Gasteiger partial charge in [0.15, 0.2) is 5.78 Å². The minimum absolute atomic E-state index is 0.0160. The van der Waals surface area contributed by atoms with Gasteiger partial charge < -0.3 is 5.11 Å². The van der Waals surface area contributed by atoms with E-state index in [-0.39, 0.29) is 5.78 Å². The molecule has 2 aromatic carbocycles. The highest BCUT2D eigenvalue weighted by atomic mass is 16.3. The van der Waals surface area contributed by atoms with Crippen molar-refractivity contribution in [3.8, 4) is 5.75 Å². The summed E-state index contributed by atoms with van der Waals surface area (Å²) in [6.07, 6.45) is 5.74. The Morgan fingerprint density at radius 1 is 1.12 bits per heavy atom. The van der Waals surface area contributed by atoms with E-state index in [9.17, 15) is 9.90 Å². The van der Waals surface area contributed by atoms with Crippen LogP contribution in [-0.2, 0) is 6.42 Å². The van der Waals surface area contributed by atoms with Crippen LogP contribution in [-0.4, -0.2) is 28.7 Å². The third kappa shape index (κ3) is 4.20. The van der Waals surface area contributed by atoms with Crippen LogP contribution in [0, 0.1) is 6.92 Å². The van der Waals surface area contributed by atoms with Crippen molar-refractivity contribution in [1.29, 1.82) is 0 Å². The zero-order valence-corrected chi connectivity index (χ0v) is 15.2. The summed E-state index contributed by atoms with van der Waals surface area (Å²) in [5, 5.41) is 13.0. The molecule has 2 aromatic rings. The third-order valence-corrected chi connectivity index (χ3v) is 4.59. The van der Waals surface area contributed by atoms with E-state index in [0.29, 0.717) is 11.3 Å². The molecular formula is C22H25N2O2+. The summed E-state index contributed by atoms with van der Waals surface area (Å²) < 4.78 is 1.78. The number of hydrogen-bond donors (Lipinski definition) is 2. The molecule has 0 atom stereocenters. The van der Waals surface area contributed by atoms with Gasteiger partial charge in [-0.3, -0.25) is 10.1 Å². The number of phenolic OH excluding ortho intramolecular Hbond substituents is 1. The van der Waals surface area contributed by atoms with Crippen LogP contribution < -0.4 is 5.32 Å². The summed E-state index contributed by atoms with van der Waals surface area (Å²) in [6.45, 7) is 6.85. The quantitative estimate of drug-likeness (QED) is 0.585. The number of nitrogens with zero attached hydrogens (tertiary/aromatic N) is 1.